The van der Waals surface area contributed by atoms with E-state index < -0.39 is 4.92 Å². The second-order valence-corrected chi connectivity index (χ2v) is 6.75. The average molecular weight is 378 g/mol. The third-order valence-corrected chi connectivity index (χ3v) is 4.86. The van der Waals surface area contributed by atoms with Gasteiger partial charge in [0.1, 0.15) is 18.4 Å². The summed E-state index contributed by atoms with van der Waals surface area (Å²) >= 11 is 5.90. The monoisotopic (exact) mass is 377 g/mol. The van der Waals surface area contributed by atoms with E-state index in [1.807, 2.05) is 24.3 Å². The van der Waals surface area contributed by atoms with Gasteiger partial charge < -0.3 is 4.90 Å². The lowest BCUT2D eigenvalue weighted by Gasteiger charge is -2.34. The van der Waals surface area contributed by atoms with E-state index in [9.17, 15) is 14.9 Å². The van der Waals surface area contributed by atoms with Crippen LogP contribution in [0.2, 0.25) is 5.02 Å². The van der Waals surface area contributed by atoms with Crippen LogP contribution in [0.15, 0.2) is 30.5 Å². The van der Waals surface area contributed by atoms with Crippen LogP contribution >= 0.6 is 11.6 Å². The first-order chi connectivity index (χ1) is 12.4. The topological polar surface area (TPSA) is 84.5 Å². The summed E-state index contributed by atoms with van der Waals surface area (Å²) in [5.74, 6) is -0.0720. The highest BCUT2D eigenvalue weighted by atomic mass is 35.5. The van der Waals surface area contributed by atoms with E-state index in [-0.39, 0.29) is 18.1 Å². The van der Waals surface area contributed by atoms with Crippen LogP contribution in [-0.4, -0.2) is 56.6 Å². The Balaban J connectivity index is 1.52. The van der Waals surface area contributed by atoms with Crippen molar-refractivity contribution < 1.29 is 9.72 Å². The highest BCUT2D eigenvalue weighted by Crippen LogP contribution is 2.17. The number of hydrogen-bond acceptors (Lipinski definition) is 5. The molecule has 0 aliphatic carbocycles. The molecular weight excluding hydrogens is 358 g/mol. The van der Waals surface area contributed by atoms with E-state index in [0.29, 0.717) is 18.8 Å². The van der Waals surface area contributed by atoms with Crippen molar-refractivity contribution in [1.29, 1.82) is 0 Å². The van der Waals surface area contributed by atoms with Crippen LogP contribution < -0.4 is 0 Å². The molecule has 3 rings (SSSR count). The molecule has 1 aromatic carbocycles. The largest absolute Gasteiger partial charge is 0.339 e. The molecule has 2 heterocycles. The number of carbonyl (C=O) groups excluding carboxylic acids is 1. The van der Waals surface area contributed by atoms with Crippen LogP contribution in [0.3, 0.4) is 0 Å². The van der Waals surface area contributed by atoms with Gasteiger partial charge in [0.2, 0.25) is 5.91 Å². The van der Waals surface area contributed by atoms with E-state index >= 15 is 0 Å². The second-order valence-electron chi connectivity index (χ2n) is 6.31. The molecule has 1 fully saturated rings. The molecule has 1 aliphatic rings. The first kappa shape index (κ1) is 18.3. The molecule has 0 N–H and O–H groups in total. The maximum absolute atomic E-state index is 12.5. The molecule has 8 nitrogen and oxygen atoms in total. The van der Waals surface area contributed by atoms with Gasteiger partial charge in [0.25, 0.3) is 0 Å². The molecule has 1 amide bonds. The SMILES string of the molecule is Cc1c([N+](=O)[O-])cnn1CC(=O)N1CCN(Cc2ccc(Cl)cc2)CC1. The average Bonchev–Trinajstić information content (AvgIpc) is 2.98. The molecule has 1 aromatic heterocycles. The summed E-state index contributed by atoms with van der Waals surface area (Å²) in [6, 6.07) is 7.77. The van der Waals surface area contributed by atoms with Gasteiger partial charge in [-0.2, -0.15) is 5.10 Å². The summed E-state index contributed by atoms with van der Waals surface area (Å²) in [6.45, 7) is 5.28. The van der Waals surface area contributed by atoms with Gasteiger partial charge in [-0.3, -0.25) is 24.5 Å². The van der Waals surface area contributed by atoms with Crippen molar-refractivity contribution in [1.82, 2.24) is 19.6 Å². The van der Waals surface area contributed by atoms with Crippen molar-refractivity contribution in [2.24, 2.45) is 0 Å². The third kappa shape index (κ3) is 4.20. The molecule has 138 valence electrons. The van der Waals surface area contributed by atoms with Gasteiger partial charge in [-0.15, -0.1) is 0 Å². The molecule has 0 unspecified atom stereocenters. The molecular formula is C17H20ClN5O3. The lowest BCUT2D eigenvalue weighted by atomic mass is 10.2. The Morgan fingerprint density at radius 2 is 1.88 bits per heavy atom. The third-order valence-electron chi connectivity index (χ3n) is 4.60. The number of amides is 1. The number of benzene rings is 1. The predicted octanol–water partition coefficient (Wildman–Crippen LogP) is 2.10. The lowest BCUT2D eigenvalue weighted by Crippen LogP contribution is -2.49. The van der Waals surface area contributed by atoms with Gasteiger partial charge in [-0.05, 0) is 24.6 Å². The van der Waals surface area contributed by atoms with Crippen LogP contribution in [0, 0.1) is 17.0 Å². The normalized spacial score (nSPS) is 15.2. The number of piperazine rings is 1. The van der Waals surface area contributed by atoms with Crippen LogP contribution in [0.1, 0.15) is 11.3 Å². The zero-order valence-corrected chi connectivity index (χ0v) is 15.2. The Morgan fingerprint density at radius 3 is 2.46 bits per heavy atom. The first-order valence-corrected chi connectivity index (χ1v) is 8.73. The van der Waals surface area contributed by atoms with Crippen LogP contribution in [-0.2, 0) is 17.9 Å². The number of nitro groups is 1. The maximum Gasteiger partial charge on any atom is 0.309 e. The van der Waals surface area contributed by atoms with E-state index in [1.165, 1.54) is 16.4 Å². The van der Waals surface area contributed by atoms with E-state index in [0.717, 1.165) is 24.7 Å². The van der Waals surface area contributed by atoms with Crippen LogP contribution in [0.25, 0.3) is 0 Å². The van der Waals surface area contributed by atoms with Crippen molar-refractivity contribution in [3.63, 3.8) is 0 Å². The minimum atomic E-state index is -0.487. The lowest BCUT2D eigenvalue weighted by molar-refractivity contribution is -0.385. The number of carbonyl (C=O) groups is 1. The van der Waals surface area contributed by atoms with Crippen molar-refractivity contribution in [2.45, 2.75) is 20.0 Å². The quantitative estimate of drug-likeness (QED) is 0.588. The van der Waals surface area contributed by atoms with Crippen molar-refractivity contribution in [3.8, 4) is 0 Å². The fourth-order valence-electron chi connectivity index (χ4n) is 3.01. The summed E-state index contributed by atoms with van der Waals surface area (Å²) in [5, 5.41) is 15.5. The zero-order valence-electron chi connectivity index (χ0n) is 14.5. The van der Waals surface area contributed by atoms with Crippen molar-refractivity contribution >= 4 is 23.2 Å². The maximum atomic E-state index is 12.5. The summed E-state index contributed by atoms with van der Waals surface area (Å²) in [5.41, 5.74) is 1.52. The van der Waals surface area contributed by atoms with Gasteiger partial charge in [-0.25, -0.2) is 0 Å². The van der Waals surface area contributed by atoms with E-state index in [4.69, 9.17) is 11.6 Å². The van der Waals surface area contributed by atoms with Gasteiger partial charge in [0.05, 0.1) is 4.92 Å². The van der Waals surface area contributed by atoms with Gasteiger partial charge in [0.15, 0.2) is 0 Å². The molecule has 0 saturated carbocycles. The first-order valence-electron chi connectivity index (χ1n) is 8.35. The highest BCUT2D eigenvalue weighted by molar-refractivity contribution is 6.30. The summed E-state index contributed by atoms with van der Waals surface area (Å²) in [6.07, 6.45) is 1.19. The number of nitrogens with zero attached hydrogens (tertiary/aromatic N) is 5. The smallest absolute Gasteiger partial charge is 0.309 e. The Bertz CT molecular complexity index is 797. The molecule has 9 heteroatoms. The van der Waals surface area contributed by atoms with Crippen LogP contribution in [0.5, 0.6) is 0 Å². The minimum Gasteiger partial charge on any atom is -0.339 e. The van der Waals surface area contributed by atoms with E-state index in [2.05, 4.69) is 10.00 Å². The predicted molar refractivity (Wildman–Crippen MR) is 96.9 cm³/mol. The van der Waals surface area contributed by atoms with Crippen LogP contribution in [0.4, 0.5) is 5.69 Å². The second kappa shape index (κ2) is 7.84. The minimum absolute atomic E-state index is 0.0247. The zero-order chi connectivity index (χ0) is 18.7. The molecule has 1 aliphatic heterocycles. The summed E-state index contributed by atoms with van der Waals surface area (Å²) in [7, 11) is 0. The standard InChI is InChI=1S/C17H20ClN5O3/c1-13-16(23(25)26)10-19-22(13)12-17(24)21-8-6-20(7-9-21)11-14-2-4-15(18)5-3-14/h2-5,10H,6-9,11-12H2,1H3. The molecule has 0 atom stereocenters. The van der Waals surface area contributed by atoms with Gasteiger partial charge >= 0.3 is 5.69 Å². The molecule has 0 spiro atoms. The number of rotatable bonds is 5. The fourth-order valence-corrected chi connectivity index (χ4v) is 3.13. The Morgan fingerprint density at radius 1 is 1.23 bits per heavy atom. The van der Waals surface area contributed by atoms with E-state index in [1.54, 1.807) is 11.8 Å². The molecule has 0 bridgehead atoms. The van der Waals surface area contributed by atoms with Gasteiger partial charge in [-0.1, -0.05) is 23.7 Å². The summed E-state index contributed by atoms with van der Waals surface area (Å²) in [4.78, 5) is 26.9. The number of hydrogen-bond donors (Lipinski definition) is 0. The van der Waals surface area contributed by atoms with Crippen molar-refractivity contribution in [2.75, 3.05) is 26.2 Å². The van der Waals surface area contributed by atoms with Crippen molar-refractivity contribution in [3.05, 3.63) is 56.9 Å². The molecule has 26 heavy (non-hydrogen) atoms. The molecule has 0 radical (unpaired) electrons. The highest BCUT2D eigenvalue weighted by Gasteiger charge is 2.23. The number of halogens is 1. The summed E-state index contributed by atoms with van der Waals surface area (Å²) < 4.78 is 1.39. The number of aromatic nitrogens is 2. The molecule has 2 aromatic rings. The Hall–Kier alpha value is -2.45. The molecule has 1 saturated heterocycles. The Kier molecular flexibility index (Phi) is 5.53. The fraction of sp³-hybridized carbons (Fsp3) is 0.412. The Labute approximate surface area is 156 Å². The van der Waals surface area contributed by atoms with Gasteiger partial charge in [0, 0.05) is 37.7 Å².